The summed E-state index contributed by atoms with van der Waals surface area (Å²) >= 11 is 0. The van der Waals surface area contributed by atoms with Crippen LogP contribution in [0.15, 0.2) is 47.6 Å². The highest BCUT2D eigenvalue weighted by Gasteiger charge is 2.53. The molecule has 0 aromatic heterocycles. The van der Waals surface area contributed by atoms with Crippen LogP contribution in [0.4, 0.5) is 0 Å². The largest absolute Gasteiger partial charge is 0.460 e. The number of cyclic esters (lactones) is 1. The van der Waals surface area contributed by atoms with Crippen molar-refractivity contribution in [2.45, 2.75) is 180 Å². The number of carbonyl (C=O) groups excluding carboxylic acids is 5. The Balaban J connectivity index is 1.70. The Morgan fingerprint density at radius 2 is 1.59 bits per heavy atom. The van der Waals surface area contributed by atoms with Crippen LogP contribution >= 0.6 is 0 Å². The average Bonchev–Trinajstić information content (AvgIpc) is 3.32. The third-order valence-corrected chi connectivity index (χ3v) is 14.9. The van der Waals surface area contributed by atoms with Crippen molar-refractivity contribution in [2.24, 2.45) is 35.5 Å². The fourth-order valence-electron chi connectivity index (χ4n) is 10.5. The molecule has 2 bridgehead atoms. The standard InChI is InChI=1S/C53H83NO14/c1-32-16-12-11-13-17-33(2)44(63-8)30-40-21-19-38(7)53(62,68-40)50(59)51(60)54-23-15-14-18-41(54)52(61)67-45(35(4)28-39-20-22-43(66-25-24-55)46(29-39)64-9)31-42(56)34(3)27-37(6)48(58)49(65-10)47(57)36(5)26-32/h11-13,16-17,27,32,34-36,38-41,43-46,48-49,55,58,62H,14-15,18-26,28-31H2,1-10H3/b13-11?,16-12+,33-17?,37-27+/t32-,34-,35+,36-,38-,39+,40+,41+,43-,44+,45+,46-,48-,49+,53?/m1/s1. The number of aliphatic hydroxyl groups is 3. The van der Waals surface area contributed by atoms with Crippen LogP contribution in [-0.2, 0) is 52.4 Å². The zero-order valence-electron chi connectivity index (χ0n) is 42.4. The van der Waals surface area contributed by atoms with Crippen molar-refractivity contribution in [2.75, 3.05) is 41.1 Å². The van der Waals surface area contributed by atoms with Crippen molar-refractivity contribution in [3.63, 3.8) is 0 Å². The molecule has 68 heavy (non-hydrogen) atoms. The molecule has 0 aromatic carbocycles. The second-order valence-electron chi connectivity index (χ2n) is 20.2. The molecule has 1 aliphatic carbocycles. The number of amides is 1. The van der Waals surface area contributed by atoms with Gasteiger partial charge in [0.25, 0.3) is 11.7 Å². The summed E-state index contributed by atoms with van der Waals surface area (Å²) in [4.78, 5) is 72.1. The maximum absolute atomic E-state index is 14.5. The number of methoxy groups -OCH3 is 3. The SMILES string of the molecule is CO[C@H]1C[C@@H]2CC[C@@H](C)C(O)(O2)C(=O)C(=O)N2CCCC[C@H]2C(=O)O[C@H]([C@@H](C)C[C@@H]2CC[C@@H](OCCO)[C@H](OC)C2)CC(=O)[C@H](C)/C=C(\C)[C@@H](O)[C@@H](OC)C(=O)[C@H](C)C[C@H](C)/C=C/C=CC=C1C. The van der Waals surface area contributed by atoms with Crippen molar-refractivity contribution in [3.8, 4) is 0 Å². The Hall–Kier alpha value is -3.41. The summed E-state index contributed by atoms with van der Waals surface area (Å²) in [5.41, 5.74) is 1.26. The summed E-state index contributed by atoms with van der Waals surface area (Å²) in [6, 6.07) is -1.14. The fraction of sp³-hybridized carbons (Fsp3) is 0.755. The van der Waals surface area contributed by atoms with Crippen LogP contribution in [0.25, 0.3) is 0 Å². The molecule has 4 rings (SSSR count). The molecule has 1 saturated carbocycles. The van der Waals surface area contributed by atoms with Gasteiger partial charge < -0.3 is 48.6 Å². The molecule has 15 atom stereocenters. The molecule has 3 aliphatic heterocycles. The first-order valence-electron chi connectivity index (χ1n) is 25.0. The predicted octanol–water partition coefficient (Wildman–Crippen LogP) is 6.20. The van der Waals surface area contributed by atoms with Crippen molar-refractivity contribution >= 4 is 29.2 Å². The van der Waals surface area contributed by atoms with Gasteiger partial charge in [-0.2, -0.15) is 0 Å². The van der Waals surface area contributed by atoms with E-state index in [9.17, 15) is 39.3 Å². The molecule has 384 valence electrons. The summed E-state index contributed by atoms with van der Waals surface area (Å²) in [5.74, 6) is -7.96. The molecule has 15 heteroatoms. The van der Waals surface area contributed by atoms with E-state index in [4.69, 9.17) is 28.4 Å². The van der Waals surface area contributed by atoms with Gasteiger partial charge in [-0.1, -0.05) is 71.1 Å². The number of carbonyl (C=O) groups is 5. The van der Waals surface area contributed by atoms with Gasteiger partial charge in [-0.15, -0.1) is 0 Å². The summed E-state index contributed by atoms with van der Waals surface area (Å²) < 4.78 is 35.6. The molecular weight excluding hydrogens is 875 g/mol. The van der Waals surface area contributed by atoms with Gasteiger partial charge in [-0.25, -0.2) is 4.79 Å². The van der Waals surface area contributed by atoms with Gasteiger partial charge in [0.05, 0.1) is 37.6 Å². The molecule has 0 spiro atoms. The lowest BCUT2D eigenvalue weighted by molar-refractivity contribution is -0.265. The minimum absolute atomic E-state index is 0.0158. The van der Waals surface area contributed by atoms with E-state index in [1.807, 2.05) is 58.1 Å². The first kappa shape index (κ1) is 57.2. The van der Waals surface area contributed by atoms with Crippen LogP contribution in [0.2, 0.25) is 0 Å². The number of piperidine rings is 1. The molecule has 1 amide bonds. The molecule has 4 aliphatic rings. The Morgan fingerprint density at radius 1 is 0.853 bits per heavy atom. The highest BCUT2D eigenvalue weighted by Crippen LogP contribution is 2.38. The highest BCUT2D eigenvalue weighted by molar-refractivity contribution is 6.39. The Bertz CT molecular complexity index is 1810. The quantitative estimate of drug-likeness (QED) is 0.134. The molecule has 15 nitrogen and oxygen atoms in total. The fourth-order valence-corrected chi connectivity index (χ4v) is 10.5. The van der Waals surface area contributed by atoms with Crippen molar-refractivity contribution in [1.82, 2.24) is 4.90 Å². The number of esters is 1. The third kappa shape index (κ3) is 15.3. The number of hydrogen-bond acceptors (Lipinski definition) is 14. The number of nitrogens with zero attached hydrogens (tertiary/aromatic N) is 1. The number of aliphatic hydroxyl groups excluding tert-OH is 2. The van der Waals surface area contributed by atoms with Crippen LogP contribution in [0.3, 0.4) is 0 Å². The molecular formula is C53H83NO14. The molecule has 0 aromatic rings. The molecule has 0 radical (unpaired) electrons. The molecule has 3 fully saturated rings. The highest BCUT2D eigenvalue weighted by atomic mass is 16.6. The Kier molecular flexibility index (Phi) is 22.9. The maximum atomic E-state index is 14.5. The normalized spacial score (nSPS) is 37.9. The van der Waals surface area contributed by atoms with Crippen LogP contribution in [-0.4, -0.2) is 145 Å². The van der Waals surface area contributed by atoms with Gasteiger partial charge in [-0.05, 0) is 107 Å². The van der Waals surface area contributed by atoms with Gasteiger partial charge >= 0.3 is 5.97 Å². The lowest BCUT2D eigenvalue weighted by Crippen LogP contribution is -2.61. The number of hydrogen-bond donors (Lipinski definition) is 3. The van der Waals surface area contributed by atoms with Gasteiger partial charge in [0.2, 0.25) is 5.79 Å². The van der Waals surface area contributed by atoms with Gasteiger partial charge in [0, 0.05) is 58.5 Å². The zero-order chi connectivity index (χ0) is 50.3. The van der Waals surface area contributed by atoms with E-state index in [1.54, 1.807) is 41.1 Å². The van der Waals surface area contributed by atoms with Gasteiger partial charge in [-0.3, -0.25) is 19.2 Å². The van der Waals surface area contributed by atoms with E-state index in [0.29, 0.717) is 63.4 Å². The van der Waals surface area contributed by atoms with Gasteiger partial charge in [0.15, 0.2) is 5.78 Å². The average molecular weight is 958 g/mol. The van der Waals surface area contributed by atoms with Crippen molar-refractivity contribution < 1.29 is 67.7 Å². The smallest absolute Gasteiger partial charge is 0.329 e. The zero-order valence-corrected chi connectivity index (χ0v) is 42.4. The third-order valence-electron chi connectivity index (χ3n) is 14.9. The number of rotatable bonds is 9. The van der Waals surface area contributed by atoms with Crippen LogP contribution < -0.4 is 0 Å². The molecule has 3 heterocycles. The minimum atomic E-state index is -2.43. The summed E-state index contributed by atoms with van der Waals surface area (Å²) in [5, 5.41) is 32.8. The van der Waals surface area contributed by atoms with E-state index in [-0.39, 0.29) is 74.1 Å². The predicted molar refractivity (Wildman–Crippen MR) is 256 cm³/mol. The Labute approximate surface area is 405 Å². The second kappa shape index (κ2) is 27.3. The number of Topliss-reactive ketones (excluding diaryl/α,β-unsaturated/α-hetero) is 3. The topological polar surface area (TPSA) is 205 Å². The lowest BCUT2D eigenvalue weighted by Gasteiger charge is -2.42. The van der Waals surface area contributed by atoms with Crippen LogP contribution in [0, 0.1) is 35.5 Å². The number of ether oxygens (including phenoxy) is 6. The minimum Gasteiger partial charge on any atom is -0.460 e. The molecule has 2 saturated heterocycles. The second-order valence-corrected chi connectivity index (χ2v) is 20.2. The lowest BCUT2D eigenvalue weighted by atomic mass is 9.78. The summed E-state index contributed by atoms with van der Waals surface area (Å²) in [6.45, 7) is 12.9. The monoisotopic (exact) mass is 958 g/mol. The van der Waals surface area contributed by atoms with E-state index in [2.05, 4.69) is 0 Å². The van der Waals surface area contributed by atoms with E-state index >= 15 is 0 Å². The summed E-state index contributed by atoms with van der Waals surface area (Å²) in [6.07, 6.45) is 12.0. The van der Waals surface area contributed by atoms with E-state index < -0.39 is 77.8 Å². The van der Waals surface area contributed by atoms with Crippen LogP contribution in [0.1, 0.15) is 126 Å². The molecule has 1 unspecified atom stereocenters. The van der Waals surface area contributed by atoms with Crippen LogP contribution in [0.5, 0.6) is 0 Å². The summed E-state index contributed by atoms with van der Waals surface area (Å²) in [7, 11) is 4.58. The van der Waals surface area contributed by atoms with E-state index in [1.165, 1.54) is 12.0 Å². The first-order chi connectivity index (χ1) is 32.3. The number of ketones is 3. The van der Waals surface area contributed by atoms with Gasteiger partial charge in [0.1, 0.15) is 30.1 Å². The number of fused-ring (bicyclic) bond motifs is 3. The maximum Gasteiger partial charge on any atom is 0.329 e. The Morgan fingerprint density at radius 3 is 2.26 bits per heavy atom. The number of allylic oxidation sites excluding steroid dienone is 6. The van der Waals surface area contributed by atoms with E-state index in [0.717, 1.165) is 12.0 Å². The molecule has 3 N–H and O–H groups in total. The first-order valence-corrected chi connectivity index (χ1v) is 25.0. The van der Waals surface area contributed by atoms with Crippen molar-refractivity contribution in [3.05, 3.63) is 47.6 Å². The van der Waals surface area contributed by atoms with Crippen molar-refractivity contribution in [1.29, 1.82) is 0 Å².